The predicted octanol–water partition coefficient (Wildman–Crippen LogP) is 5.57. The molecule has 1 saturated heterocycles. The Morgan fingerprint density at radius 3 is 2.36 bits per heavy atom. The van der Waals surface area contributed by atoms with E-state index in [1.54, 1.807) is 11.4 Å². The van der Waals surface area contributed by atoms with Gasteiger partial charge in [-0.1, -0.05) is 52.0 Å². The van der Waals surface area contributed by atoms with Crippen LogP contribution in [0.5, 0.6) is 5.75 Å². The summed E-state index contributed by atoms with van der Waals surface area (Å²) < 4.78 is 9.69. The van der Waals surface area contributed by atoms with Gasteiger partial charge in [-0.05, 0) is 86.7 Å². The Labute approximate surface area is 266 Å². The van der Waals surface area contributed by atoms with Crippen LogP contribution >= 0.6 is 12.8 Å². The van der Waals surface area contributed by atoms with Crippen molar-refractivity contribution in [3.05, 3.63) is 53.1 Å². The molecule has 1 aromatic heterocycles. The lowest BCUT2D eigenvalue weighted by Gasteiger charge is -2.50. The minimum atomic E-state index is -0.821. The smallest absolute Gasteiger partial charge is 0.248 e. The quantitative estimate of drug-likeness (QED) is 0.325. The summed E-state index contributed by atoms with van der Waals surface area (Å²) in [6.07, 6.45) is 6.74. The van der Waals surface area contributed by atoms with Gasteiger partial charge in [0.2, 0.25) is 11.8 Å². The molecule has 2 unspecified atom stereocenters. The van der Waals surface area contributed by atoms with Gasteiger partial charge in [-0.2, -0.15) is 0 Å². The van der Waals surface area contributed by atoms with Crippen LogP contribution in [0.1, 0.15) is 85.7 Å². The van der Waals surface area contributed by atoms with Gasteiger partial charge >= 0.3 is 0 Å². The van der Waals surface area contributed by atoms with E-state index in [-0.39, 0.29) is 17.7 Å². The number of hydrogen-bond acceptors (Lipinski definition) is 6. The van der Waals surface area contributed by atoms with Crippen molar-refractivity contribution in [2.24, 2.45) is 17.1 Å². The van der Waals surface area contributed by atoms with E-state index < -0.39 is 16.9 Å². The molecule has 8 nitrogen and oxygen atoms in total. The number of primary amides is 1. The fourth-order valence-electron chi connectivity index (χ4n) is 7.87. The van der Waals surface area contributed by atoms with Gasteiger partial charge in [-0.25, -0.2) is 0 Å². The van der Waals surface area contributed by atoms with Crippen molar-refractivity contribution in [2.45, 2.75) is 76.4 Å². The number of ether oxygens (including phenoxy) is 1. The first-order valence-electron chi connectivity index (χ1n) is 15.9. The molecule has 2 amide bonds. The second-order valence-corrected chi connectivity index (χ2v) is 14.7. The summed E-state index contributed by atoms with van der Waals surface area (Å²) in [4.78, 5) is 28.4. The Kier molecular flexibility index (Phi) is 8.04. The minimum absolute atomic E-state index is 0.0753. The van der Waals surface area contributed by atoms with Crippen molar-refractivity contribution in [3.8, 4) is 17.0 Å². The fraction of sp³-hybridized carbons (Fsp3) is 0.543. The van der Waals surface area contributed by atoms with Crippen molar-refractivity contribution < 1.29 is 19.4 Å². The normalized spacial score (nSPS) is 23.6. The Morgan fingerprint density at radius 1 is 1.07 bits per heavy atom. The summed E-state index contributed by atoms with van der Waals surface area (Å²) in [5.74, 6) is 1.07. The molecule has 44 heavy (non-hydrogen) atoms. The molecule has 2 aliphatic carbocycles. The van der Waals surface area contributed by atoms with Crippen molar-refractivity contribution in [2.75, 3.05) is 34.3 Å². The standard InChI is InChI=1S/C33H39N3O4.C2H7NS/c1-19(2)33(39)17-35(18-33)31(38)32-15-26(32)25-14-22(40-3)10-12-23(25)29-28(20-7-5-4-6-8-20)24-11-9-21(30(34)37)13-27(24)36(29)16-32;1-3(2)4/h9-14,19-20,26,39H,4-8,15-18H2,1-3H3,(H2,34,37);4H,1-2H3. The number of methoxy groups -OCH3 is 1. The second kappa shape index (κ2) is 11.4. The first-order chi connectivity index (χ1) is 20.9. The monoisotopic (exact) mass is 618 g/mol. The molecule has 9 heteroatoms. The number of amides is 2. The molecule has 0 bridgehead atoms. The zero-order valence-electron chi connectivity index (χ0n) is 26.6. The van der Waals surface area contributed by atoms with Crippen LogP contribution in [0.25, 0.3) is 22.2 Å². The van der Waals surface area contributed by atoms with Crippen molar-refractivity contribution in [1.82, 2.24) is 13.8 Å². The highest BCUT2D eigenvalue weighted by atomic mass is 32.1. The van der Waals surface area contributed by atoms with Gasteiger partial charge in [-0.3, -0.25) is 13.9 Å². The Balaban J connectivity index is 0.000000810. The molecule has 2 atom stereocenters. The number of carbonyl (C=O) groups excluding carboxylic acids is 2. The molecule has 2 saturated carbocycles. The summed E-state index contributed by atoms with van der Waals surface area (Å²) >= 11 is 3.80. The minimum Gasteiger partial charge on any atom is -0.497 e. The fourth-order valence-corrected chi connectivity index (χ4v) is 7.87. The van der Waals surface area contributed by atoms with Gasteiger partial charge in [-0.15, -0.1) is 0 Å². The number of β-amino-alcohol motifs (C(OH)–C–C–N with tert-alkyl or cyclic N) is 1. The molecule has 3 fully saturated rings. The third-order valence-electron chi connectivity index (χ3n) is 10.5. The molecule has 3 heterocycles. The average molecular weight is 619 g/mol. The number of hydrogen-bond donors (Lipinski definition) is 3. The Bertz CT molecular complexity index is 1600. The molecule has 7 rings (SSSR count). The summed E-state index contributed by atoms with van der Waals surface area (Å²) in [6.45, 7) is 5.32. The first-order valence-corrected chi connectivity index (χ1v) is 16.3. The summed E-state index contributed by atoms with van der Waals surface area (Å²) in [5, 5.41) is 12.1. The van der Waals surface area contributed by atoms with E-state index in [2.05, 4.69) is 35.6 Å². The molecule has 0 radical (unpaired) electrons. The molecule has 3 aromatic rings. The van der Waals surface area contributed by atoms with Crippen molar-refractivity contribution in [1.29, 1.82) is 0 Å². The Morgan fingerprint density at radius 2 is 1.75 bits per heavy atom. The van der Waals surface area contributed by atoms with Crippen LogP contribution in [0.2, 0.25) is 0 Å². The lowest BCUT2D eigenvalue weighted by atomic mass is 9.81. The molecule has 4 aliphatic rings. The highest BCUT2D eigenvalue weighted by Crippen LogP contribution is 2.66. The third-order valence-corrected chi connectivity index (χ3v) is 10.5. The van der Waals surface area contributed by atoms with Crippen LogP contribution in [0.3, 0.4) is 0 Å². The highest BCUT2D eigenvalue weighted by Gasteiger charge is 2.65. The maximum atomic E-state index is 14.3. The van der Waals surface area contributed by atoms with Gasteiger partial charge in [0.25, 0.3) is 0 Å². The van der Waals surface area contributed by atoms with Crippen LogP contribution in [-0.4, -0.2) is 70.6 Å². The zero-order valence-corrected chi connectivity index (χ0v) is 27.5. The number of nitrogens with two attached hydrogens (primary N) is 1. The molecule has 0 spiro atoms. The van der Waals surface area contributed by atoms with Gasteiger partial charge < -0.3 is 25.0 Å². The third kappa shape index (κ3) is 5.11. The number of aliphatic hydroxyl groups is 1. The number of carbonyl (C=O) groups is 2. The van der Waals surface area contributed by atoms with Crippen LogP contribution in [0.15, 0.2) is 36.4 Å². The van der Waals surface area contributed by atoms with Crippen LogP contribution in [-0.2, 0) is 11.3 Å². The van der Waals surface area contributed by atoms with E-state index in [0.717, 1.165) is 41.5 Å². The molecular weight excluding hydrogens is 572 g/mol. The van der Waals surface area contributed by atoms with Crippen molar-refractivity contribution in [3.63, 3.8) is 0 Å². The number of fused-ring (bicyclic) bond motifs is 7. The topological polar surface area (TPSA) is 101 Å². The number of likely N-dealkylation sites (tertiary alicyclic amines) is 1. The van der Waals surface area contributed by atoms with Gasteiger partial charge in [0, 0.05) is 34.5 Å². The molecule has 2 aromatic carbocycles. The lowest BCUT2D eigenvalue weighted by Crippen LogP contribution is -2.67. The number of aromatic nitrogens is 1. The molecule has 3 N–H and O–H groups in total. The lowest BCUT2D eigenvalue weighted by molar-refractivity contribution is -0.169. The molecule has 2 aliphatic heterocycles. The molecular formula is C35H46N4O4S. The maximum absolute atomic E-state index is 14.3. The number of thiol groups is 1. The van der Waals surface area contributed by atoms with E-state index in [1.807, 2.05) is 51.0 Å². The molecule has 236 valence electrons. The highest BCUT2D eigenvalue weighted by molar-refractivity contribution is 7.77. The van der Waals surface area contributed by atoms with Crippen molar-refractivity contribution >= 4 is 35.5 Å². The summed E-state index contributed by atoms with van der Waals surface area (Å²) in [6, 6.07) is 12.2. The summed E-state index contributed by atoms with van der Waals surface area (Å²) in [5.41, 5.74) is 10.7. The van der Waals surface area contributed by atoms with E-state index in [9.17, 15) is 14.7 Å². The first kappa shape index (κ1) is 31.0. The number of nitrogens with zero attached hydrogens (tertiary/aromatic N) is 3. The van der Waals surface area contributed by atoms with Crippen LogP contribution in [0.4, 0.5) is 0 Å². The summed E-state index contributed by atoms with van der Waals surface area (Å²) in [7, 11) is 5.42. The number of benzene rings is 2. The maximum Gasteiger partial charge on any atom is 0.248 e. The van der Waals surface area contributed by atoms with E-state index in [4.69, 9.17) is 10.5 Å². The van der Waals surface area contributed by atoms with E-state index >= 15 is 0 Å². The van der Waals surface area contributed by atoms with Gasteiger partial charge in [0.15, 0.2) is 0 Å². The van der Waals surface area contributed by atoms with Gasteiger partial charge in [0.1, 0.15) is 11.4 Å². The van der Waals surface area contributed by atoms with E-state index in [1.165, 1.54) is 36.1 Å². The van der Waals surface area contributed by atoms with Crippen LogP contribution in [0, 0.1) is 11.3 Å². The SMILES string of the molecule is CN(C)S.COc1ccc2c(c1)C1CC1(C(=O)N1CC(O)(C(C)C)C1)Cn1c-2c(C2CCCCC2)c2ccc(C(N)=O)cc21. The largest absolute Gasteiger partial charge is 0.497 e. The van der Waals surface area contributed by atoms with E-state index in [0.29, 0.717) is 31.1 Å². The van der Waals surface area contributed by atoms with Gasteiger partial charge in [0.05, 0.1) is 31.3 Å². The predicted molar refractivity (Wildman–Crippen MR) is 177 cm³/mol. The Hall–Kier alpha value is -3.01. The zero-order chi connectivity index (χ0) is 31.6. The number of rotatable bonds is 5. The average Bonchev–Trinajstić information content (AvgIpc) is 3.65. The second-order valence-electron chi connectivity index (χ2n) is 13.9. The van der Waals surface area contributed by atoms with Crippen LogP contribution < -0.4 is 10.5 Å².